The van der Waals surface area contributed by atoms with Gasteiger partial charge in [0.1, 0.15) is 5.82 Å². The van der Waals surface area contributed by atoms with Crippen LogP contribution in [0.5, 0.6) is 5.75 Å². The van der Waals surface area contributed by atoms with Crippen LogP contribution in [0.4, 0.5) is 9.18 Å². The minimum absolute atomic E-state index is 0.0592. The van der Waals surface area contributed by atoms with Gasteiger partial charge in [0.2, 0.25) is 0 Å². The quantitative estimate of drug-likeness (QED) is 0.782. The summed E-state index contributed by atoms with van der Waals surface area (Å²) in [4.78, 5) is 11.8. The Bertz CT molecular complexity index is 818. The Morgan fingerprint density at radius 3 is 2.67 bits per heavy atom. The second-order valence-electron chi connectivity index (χ2n) is 5.19. The van der Waals surface area contributed by atoms with Crippen LogP contribution < -0.4 is 10.1 Å². The van der Waals surface area contributed by atoms with Crippen molar-refractivity contribution in [1.29, 1.82) is 0 Å². The molecule has 1 N–H and O–H groups in total. The van der Waals surface area contributed by atoms with Crippen LogP contribution in [-0.4, -0.2) is 15.9 Å². The second kappa shape index (κ2) is 7.41. The molecular formula is C18H16FN3O2. The van der Waals surface area contributed by atoms with E-state index in [9.17, 15) is 9.18 Å². The number of hydrogen-bond acceptors (Lipinski definition) is 3. The summed E-state index contributed by atoms with van der Waals surface area (Å²) in [6.45, 7) is 0.644. The predicted molar refractivity (Wildman–Crippen MR) is 87.0 cm³/mol. The number of hydrogen-bond donors (Lipinski definition) is 1. The summed E-state index contributed by atoms with van der Waals surface area (Å²) in [6.07, 6.45) is 2.44. The van der Waals surface area contributed by atoms with Crippen molar-refractivity contribution in [3.05, 3.63) is 83.9 Å². The van der Waals surface area contributed by atoms with E-state index in [0.29, 0.717) is 17.9 Å². The van der Waals surface area contributed by atoms with Gasteiger partial charge in [-0.1, -0.05) is 48.5 Å². The number of rotatable bonds is 5. The molecule has 3 rings (SSSR count). The maximum Gasteiger partial charge on any atom is 0.412 e. The Kier molecular flexibility index (Phi) is 4.86. The Balaban J connectivity index is 1.53. The number of carbonyl (C=O) groups is 1. The lowest BCUT2D eigenvalue weighted by Crippen LogP contribution is -2.26. The van der Waals surface area contributed by atoms with Crippen LogP contribution in [0.25, 0.3) is 0 Å². The topological polar surface area (TPSA) is 56.1 Å². The van der Waals surface area contributed by atoms with Crippen molar-refractivity contribution < 1.29 is 13.9 Å². The normalized spacial score (nSPS) is 10.4. The zero-order valence-electron chi connectivity index (χ0n) is 12.9. The number of aromatic nitrogens is 2. The zero-order chi connectivity index (χ0) is 16.8. The third-order valence-corrected chi connectivity index (χ3v) is 3.39. The molecule has 1 amide bonds. The molecular weight excluding hydrogens is 309 g/mol. The smallest absolute Gasteiger partial charge is 0.407 e. The maximum atomic E-state index is 13.5. The van der Waals surface area contributed by atoms with Gasteiger partial charge in [-0.2, -0.15) is 5.10 Å². The summed E-state index contributed by atoms with van der Waals surface area (Å²) in [7, 11) is 0. The summed E-state index contributed by atoms with van der Waals surface area (Å²) in [6, 6.07) is 16.1. The van der Waals surface area contributed by atoms with Crippen LogP contribution in [0.1, 0.15) is 11.1 Å². The van der Waals surface area contributed by atoms with E-state index in [0.717, 1.165) is 5.56 Å². The molecule has 0 radical (unpaired) electrons. The van der Waals surface area contributed by atoms with E-state index in [2.05, 4.69) is 10.4 Å². The minimum Gasteiger partial charge on any atom is -0.407 e. The van der Waals surface area contributed by atoms with E-state index in [-0.39, 0.29) is 12.4 Å². The van der Waals surface area contributed by atoms with Crippen molar-refractivity contribution in [2.75, 3.05) is 0 Å². The molecule has 1 aromatic heterocycles. The largest absolute Gasteiger partial charge is 0.412 e. The first-order valence-corrected chi connectivity index (χ1v) is 7.46. The molecule has 1 heterocycles. The molecule has 0 bridgehead atoms. The second-order valence-corrected chi connectivity index (χ2v) is 5.19. The van der Waals surface area contributed by atoms with Gasteiger partial charge in [0.15, 0.2) is 5.75 Å². The van der Waals surface area contributed by atoms with E-state index in [1.54, 1.807) is 29.1 Å². The number of amides is 1. The van der Waals surface area contributed by atoms with Gasteiger partial charge in [-0.3, -0.25) is 4.68 Å². The van der Waals surface area contributed by atoms with Crippen molar-refractivity contribution >= 4 is 6.09 Å². The Hall–Kier alpha value is -3.15. The lowest BCUT2D eigenvalue weighted by Gasteiger charge is -2.06. The van der Waals surface area contributed by atoms with E-state index < -0.39 is 6.09 Å². The highest BCUT2D eigenvalue weighted by atomic mass is 19.1. The van der Waals surface area contributed by atoms with Crippen molar-refractivity contribution in [1.82, 2.24) is 15.1 Å². The predicted octanol–water partition coefficient (Wildman–Crippen LogP) is 3.36. The zero-order valence-corrected chi connectivity index (χ0v) is 12.9. The van der Waals surface area contributed by atoms with Crippen molar-refractivity contribution in [3.63, 3.8) is 0 Å². The monoisotopic (exact) mass is 325 g/mol. The number of benzene rings is 2. The third-order valence-electron chi connectivity index (χ3n) is 3.39. The summed E-state index contributed by atoms with van der Waals surface area (Å²) < 4.78 is 20.3. The van der Waals surface area contributed by atoms with E-state index in [1.165, 1.54) is 12.3 Å². The number of carbonyl (C=O) groups excluding carboxylic acids is 1. The van der Waals surface area contributed by atoms with Crippen LogP contribution >= 0.6 is 0 Å². The van der Waals surface area contributed by atoms with Gasteiger partial charge in [0, 0.05) is 12.1 Å². The van der Waals surface area contributed by atoms with Gasteiger partial charge < -0.3 is 10.1 Å². The van der Waals surface area contributed by atoms with Crippen LogP contribution in [0.15, 0.2) is 67.0 Å². The molecule has 3 aromatic rings. The minimum atomic E-state index is -0.655. The summed E-state index contributed by atoms with van der Waals surface area (Å²) in [5.74, 6) is -0.0366. The highest BCUT2D eigenvalue weighted by Gasteiger charge is 2.08. The summed E-state index contributed by atoms with van der Waals surface area (Å²) in [5, 5.41) is 6.66. The highest BCUT2D eigenvalue weighted by Crippen LogP contribution is 2.11. The van der Waals surface area contributed by atoms with Crippen LogP contribution in [0.3, 0.4) is 0 Å². The molecule has 0 fully saturated rings. The average molecular weight is 325 g/mol. The Morgan fingerprint density at radius 1 is 1.12 bits per heavy atom. The molecule has 0 spiro atoms. The highest BCUT2D eigenvalue weighted by molar-refractivity contribution is 5.70. The van der Waals surface area contributed by atoms with E-state index in [4.69, 9.17) is 4.74 Å². The molecule has 0 aliphatic rings. The molecule has 6 heteroatoms. The molecule has 5 nitrogen and oxygen atoms in total. The molecule has 2 aromatic carbocycles. The van der Waals surface area contributed by atoms with Gasteiger partial charge in [0.05, 0.1) is 18.9 Å². The van der Waals surface area contributed by atoms with Crippen molar-refractivity contribution in [3.8, 4) is 5.75 Å². The van der Waals surface area contributed by atoms with E-state index >= 15 is 0 Å². The fourth-order valence-electron chi connectivity index (χ4n) is 2.21. The molecule has 0 atom stereocenters. The van der Waals surface area contributed by atoms with Crippen molar-refractivity contribution in [2.45, 2.75) is 13.1 Å². The fourth-order valence-corrected chi connectivity index (χ4v) is 2.21. The lowest BCUT2D eigenvalue weighted by atomic mass is 10.2. The maximum absolute atomic E-state index is 13.5. The van der Waals surface area contributed by atoms with Crippen LogP contribution in [0.2, 0.25) is 0 Å². The van der Waals surface area contributed by atoms with Crippen LogP contribution in [-0.2, 0) is 13.1 Å². The first-order valence-electron chi connectivity index (χ1n) is 7.46. The van der Waals surface area contributed by atoms with Gasteiger partial charge in [-0.05, 0) is 11.6 Å². The number of ether oxygens (including phenoxy) is 1. The first kappa shape index (κ1) is 15.7. The summed E-state index contributed by atoms with van der Waals surface area (Å²) >= 11 is 0. The standard InChI is InChI=1S/C18H16FN3O2/c19-17-9-5-4-8-15(17)10-20-18(23)24-16-11-21-22(13-16)12-14-6-2-1-3-7-14/h1-9,11,13H,10,12H2,(H,20,23). The SMILES string of the molecule is O=C(NCc1ccccc1F)Oc1cnn(Cc2ccccc2)c1. The number of nitrogens with zero attached hydrogens (tertiary/aromatic N) is 2. The Labute approximate surface area is 138 Å². The molecule has 24 heavy (non-hydrogen) atoms. The fraction of sp³-hybridized carbons (Fsp3) is 0.111. The van der Waals surface area contributed by atoms with Gasteiger partial charge in [0.25, 0.3) is 0 Å². The van der Waals surface area contributed by atoms with Crippen molar-refractivity contribution in [2.24, 2.45) is 0 Å². The molecule has 0 saturated carbocycles. The van der Waals surface area contributed by atoms with E-state index in [1.807, 2.05) is 30.3 Å². The van der Waals surface area contributed by atoms with Gasteiger partial charge >= 0.3 is 6.09 Å². The number of halogens is 1. The first-order chi connectivity index (χ1) is 11.7. The lowest BCUT2D eigenvalue weighted by molar-refractivity contribution is 0.200. The number of nitrogens with one attached hydrogen (secondary N) is 1. The third kappa shape index (κ3) is 4.19. The summed E-state index contributed by atoms with van der Waals surface area (Å²) in [5.41, 5.74) is 1.49. The molecule has 0 aliphatic carbocycles. The molecule has 0 unspecified atom stereocenters. The average Bonchev–Trinajstić information content (AvgIpc) is 3.02. The van der Waals surface area contributed by atoms with Crippen LogP contribution in [0, 0.1) is 5.82 Å². The van der Waals surface area contributed by atoms with Gasteiger partial charge in [-0.25, -0.2) is 9.18 Å². The Morgan fingerprint density at radius 2 is 1.88 bits per heavy atom. The molecule has 0 aliphatic heterocycles. The molecule has 0 saturated heterocycles. The molecule has 122 valence electrons. The van der Waals surface area contributed by atoms with Gasteiger partial charge in [-0.15, -0.1) is 0 Å².